The van der Waals surface area contributed by atoms with Gasteiger partial charge in [0.05, 0.1) is 17.5 Å². The maximum Gasteiger partial charge on any atom is 0.267 e. The van der Waals surface area contributed by atoms with Crippen molar-refractivity contribution in [1.29, 1.82) is 0 Å². The minimum Gasteiger partial charge on any atom is -0.438 e. The third-order valence-electron chi connectivity index (χ3n) is 6.05. The van der Waals surface area contributed by atoms with Crippen molar-refractivity contribution in [2.45, 2.75) is 37.5 Å². The van der Waals surface area contributed by atoms with E-state index >= 15 is 0 Å². The van der Waals surface area contributed by atoms with E-state index in [4.69, 9.17) is 9.72 Å². The fourth-order valence-electron chi connectivity index (χ4n) is 4.21. The third kappa shape index (κ3) is 5.01. The minimum absolute atomic E-state index is 0.0234. The lowest BCUT2D eigenvalue weighted by molar-refractivity contribution is 0.457. The molecule has 0 radical (unpaired) electrons. The van der Waals surface area contributed by atoms with Crippen molar-refractivity contribution >= 4 is 21.5 Å². The Morgan fingerprint density at radius 3 is 2.47 bits per heavy atom. The zero-order valence-electron chi connectivity index (χ0n) is 20.2. The van der Waals surface area contributed by atoms with E-state index in [-0.39, 0.29) is 10.8 Å². The number of hydrogen-bond acceptors (Lipinski definition) is 6. The SMILES string of the molecule is Cc1ccccc1Oc1nc(NS(=O)(=O)c2cnn(C)c2)nc(-c2ccccc2)c1C1=CCCCC1. The Kier molecular flexibility index (Phi) is 6.56. The molecule has 9 heteroatoms. The Hall–Kier alpha value is -3.98. The first kappa shape index (κ1) is 23.7. The molecule has 0 atom stereocenters. The number of ether oxygens (including phenoxy) is 1. The Morgan fingerprint density at radius 1 is 1.00 bits per heavy atom. The van der Waals surface area contributed by atoms with Gasteiger partial charge in [-0.1, -0.05) is 54.6 Å². The number of nitrogens with zero attached hydrogens (tertiary/aromatic N) is 4. The predicted molar refractivity (Wildman–Crippen MR) is 139 cm³/mol. The van der Waals surface area contributed by atoms with E-state index < -0.39 is 10.0 Å². The van der Waals surface area contributed by atoms with Gasteiger partial charge in [-0.05, 0) is 49.8 Å². The Balaban J connectivity index is 1.70. The Morgan fingerprint density at radius 2 is 1.78 bits per heavy atom. The summed E-state index contributed by atoms with van der Waals surface area (Å²) in [6.07, 6.45) is 8.93. The second kappa shape index (κ2) is 9.94. The lowest BCUT2D eigenvalue weighted by atomic mass is 9.91. The van der Waals surface area contributed by atoms with Crippen molar-refractivity contribution in [1.82, 2.24) is 19.7 Å². The summed E-state index contributed by atoms with van der Waals surface area (Å²) in [7, 11) is -2.30. The van der Waals surface area contributed by atoms with Crippen LogP contribution in [0.25, 0.3) is 16.8 Å². The van der Waals surface area contributed by atoms with Crippen molar-refractivity contribution in [3.05, 3.63) is 84.2 Å². The van der Waals surface area contributed by atoms with Crippen molar-refractivity contribution in [3.63, 3.8) is 0 Å². The molecule has 1 N–H and O–H groups in total. The number of nitrogens with one attached hydrogen (secondary N) is 1. The first-order chi connectivity index (χ1) is 17.4. The number of sulfonamides is 1. The van der Waals surface area contributed by atoms with Gasteiger partial charge in [0.2, 0.25) is 11.8 Å². The van der Waals surface area contributed by atoms with Crippen molar-refractivity contribution in [2.24, 2.45) is 7.05 Å². The van der Waals surface area contributed by atoms with Crippen LogP contribution in [0.4, 0.5) is 5.95 Å². The van der Waals surface area contributed by atoms with E-state index in [0.29, 0.717) is 17.3 Å². The van der Waals surface area contributed by atoms with Gasteiger partial charge >= 0.3 is 0 Å². The van der Waals surface area contributed by atoms with E-state index in [1.807, 2.05) is 61.5 Å². The van der Waals surface area contributed by atoms with Crippen molar-refractivity contribution < 1.29 is 13.2 Å². The van der Waals surface area contributed by atoms with Crippen LogP contribution in [0.2, 0.25) is 0 Å². The van der Waals surface area contributed by atoms with Gasteiger partial charge < -0.3 is 4.74 Å². The Labute approximate surface area is 210 Å². The summed E-state index contributed by atoms with van der Waals surface area (Å²) in [6, 6.07) is 17.4. The zero-order chi connectivity index (χ0) is 25.1. The van der Waals surface area contributed by atoms with E-state index in [1.165, 1.54) is 17.1 Å². The van der Waals surface area contributed by atoms with Gasteiger partial charge in [-0.25, -0.2) is 18.1 Å². The van der Waals surface area contributed by atoms with Crippen LogP contribution >= 0.6 is 0 Å². The maximum atomic E-state index is 13.1. The van der Waals surface area contributed by atoms with Crippen LogP contribution in [-0.2, 0) is 17.1 Å². The lowest BCUT2D eigenvalue weighted by Gasteiger charge is -2.21. The molecule has 0 saturated carbocycles. The van der Waals surface area contributed by atoms with E-state index in [1.54, 1.807) is 7.05 Å². The number of benzene rings is 2. The molecular formula is C27H27N5O3S. The maximum absolute atomic E-state index is 13.1. The second-order valence-corrected chi connectivity index (χ2v) is 10.4. The summed E-state index contributed by atoms with van der Waals surface area (Å²) < 4.78 is 36.5. The van der Waals surface area contributed by atoms with Gasteiger partial charge in [-0.2, -0.15) is 10.1 Å². The number of para-hydroxylation sites is 1. The normalized spacial score (nSPS) is 13.8. The highest BCUT2D eigenvalue weighted by atomic mass is 32.2. The molecule has 2 heterocycles. The number of hydrogen-bond donors (Lipinski definition) is 1. The minimum atomic E-state index is -3.96. The van der Waals surface area contributed by atoms with Gasteiger partial charge in [-0.3, -0.25) is 4.68 Å². The van der Waals surface area contributed by atoms with Crippen LogP contribution in [0.5, 0.6) is 11.6 Å². The molecule has 0 saturated heterocycles. The number of anilines is 1. The summed E-state index contributed by atoms with van der Waals surface area (Å²) in [6.45, 7) is 1.96. The topological polar surface area (TPSA) is 99.0 Å². The molecular weight excluding hydrogens is 474 g/mol. The smallest absolute Gasteiger partial charge is 0.267 e. The quantitative estimate of drug-likeness (QED) is 0.347. The van der Waals surface area contributed by atoms with Crippen LogP contribution in [0.15, 0.2) is 78.0 Å². The summed E-state index contributed by atoms with van der Waals surface area (Å²) in [5, 5.41) is 3.97. The highest BCUT2D eigenvalue weighted by molar-refractivity contribution is 7.92. The molecule has 184 valence electrons. The largest absolute Gasteiger partial charge is 0.438 e. The van der Waals surface area contributed by atoms with E-state index in [0.717, 1.165) is 47.9 Å². The molecule has 2 aromatic carbocycles. The number of rotatable bonds is 7. The van der Waals surface area contributed by atoms with Crippen LogP contribution < -0.4 is 9.46 Å². The Bertz CT molecular complexity index is 1530. The fourth-order valence-corrected chi connectivity index (χ4v) is 5.14. The molecule has 0 amide bonds. The van der Waals surface area contributed by atoms with Crippen molar-refractivity contribution in [2.75, 3.05) is 4.72 Å². The molecule has 0 aliphatic heterocycles. The summed E-state index contributed by atoms with van der Waals surface area (Å²) >= 11 is 0. The molecule has 1 aliphatic rings. The zero-order valence-corrected chi connectivity index (χ0v) is 21.0. The van der Waals surface area contributed by atoms with Crippen LogP contribution in [-0.4, -0.2) is 28.2 Å². The fraction of sp³-hybridized carbons (Fsp3) is 0.222. The van der Waals surface area contributed by atoms with E-state index in [9.17, 15) is 8.42 Å². The first-order valence-corrected chi connectivity index (χ1v) is 13.3. The molecule has 4 aromatic rings. The van der Waals surface area contributed by atoms with Crippen LogP contribution in [0.1, 0.15) is 36.8 Å². The standard InChI is InChI=1S/C27H27N5O3S/c1-19-11-9-10-16-23(19)35-26-24(20-12-5-3-6-13-20)25(21-14-7-4-8-15-21)29-27(30-26)31-36(33,34)22-17-28-32(2)18-22/h4,7-12,14-18H,3,5-6,13H2,1-2H3,(H,29,30,31). The van der Waals surface area contributed by atoms with Gasteiger partial charge in [0.1, 0.15) is 10.6 Å². The monoisotopic (exact) mass is 501 g/mol. The summed E-state index contributed by atoms with van der Waals surface area (Å²) in [5.41, 5.74) is 4.29. The van der Waals surface area contributed by atoms with Crippen LogP contribution in [0.3, 0.4) is 0 Å². The van der Waals surface area contributed by atoms with Crippen LogP contribution in [0, 0.1) is 6.92 Å². The lowest BCUT2D eigenvalue weighted by Crippen LogP contribution is -2.16. The molecule has 2 aromatic heterocycles. The van der Waals surface area contributed by atoms with Gasteiger partial charge in [0.25, 0.3) is 10.0 Å². The summed E-state index contributed by atoms with van der Waals surface area (Å²) in [5.74, 6) is 0.894. The average molecular weight is 502 g/mol. The molecule has 0 fully saturated rings. The highest BCUT2D eigenvalue weighted by Gasteiger charge is 2.25. The molecule has 36 heavy (non-hydrogen) atoms. The molecule has 0 unspecified atom stereocenters. The molecule has 5 rings (SSSR count). The van der Waals surface area contributed by atoms with E-state index in [2.05, 4.69) is 20.9 Å². The third-order valence-corrected chi connectivity index (χ3v) is 7.34. The second-order valence-electron chi connectivity index (χ2n) is 8.74. The number of aromatic nitrogens is 4. The number of aryl methyl sites for hydroxylation is 2. The average Bonchev–Trinajstić information content (AvgIpc) is 3.33. The predicted octanol–water partition coefficient (Wildman–Crippen LogP) is 5.74. The summed E-state index contributed by atoms with van der Waals surface area (Å²) in [4.78, 5) is 9.33. The first-order valence-electron chi connectivity index (χ1n) is 11.8. The highest BCUT2D eigenvalue weighted by Crippen LogP contribution is 2.41. The van der Waals surface area contributed by atoms with Crippen molar-refractivity contribution in [3.8, 4) is 22.9 Å². The van der Waals surface area contributed by atoms with Gasteiger partial charge in [-0.15, -0.1) is 0 Å². The molecule has 1 aliphatic carbocycles. The molecule has 0 bridgehead atoms. The van der Waals surface area contributed by atoms with Gasteiger partial charge in [0, 0.05) is 18.8 Å². The number of allylic oxidation sites excluding steroid dienone is 2. The molecule has 0 spiro atoms. The molecule has 8 nitrogen and oxygen atoms in total. The van der Waals surface area contributed by atoms with Gasteiger partial charge in [0.15, 0.2) is 0 Å².